The Bertz CT molecular complexity index is 629. The van der Waals surface area contributed by atoms with Gasteiger partial charge in [0.25, 0.3) is 5.69 Å². The first-order valence-corrected chi connectivity index (χ1v) is 6.25. The molecule has 2 rings (SSSR count). The Hall–Kier alpha value is -2.27. The third-order valence-corrected chi connectivity index (χ3v) is 2.97. The van der Waals surface area contributed by atoms with Crippen molar-refractivity contribution in [2.24, 2.45) is 0 Å². The van der Waals surface area contributed by atoms with E-state index >= 15 is 0 Å². The highest BCUT2D eigenvalue weighted by molar-refractivity contribution is 5.40. The monoisotopic (exact) mass is 274 g/mol. The highest BCUT2D eigenvalue weighted by atomic mass is 19.1. The van der Waals surface area contributed by atoms with E-state index in [1.807, 2.05) is 31.2 Å². The third kappa shape index (κ3) is 3.61. The molecule has 0 saturated heterocycles. The number of nitro benzene ring substituents is 1. The third-order valence-electron chi connectivity index (χ3n) is 2.97. The Morgan fingerprint density at radius 3 is 2.70 bits per heavy atom. The molecule has 2 aromatic carbocycles. The molecule has 0 aliphatic heterocycles. The van der Waals surface area contributed by atoms with Gasteiger partial charge in [-0.15, -0.1) is 0 Å². The Balaban J connectivity index is 2.04. The molecule has 0 aliphatic rings. The minimum Gasteiger partial charge on any atom is -0.308 e. The molecule has 1 N–H and O–H groups in total. The minimum atomic E-state index is -0.497. The van der Waals surface area contributed by atoms with E-state index in [0.717, 1.165) is 17.2 Å². The molecule has 0 fully saturated rings. The number of halogens is 1. The van der Waals surface area contributed by atoms with Crippen LogP contribution in [-0.2, 0) is 13.1 Å². The summed E-state index contributed by atoms with van der Waals surface area (Å²) in [5.74, 6) is -0.469. The van der Waals surface area contributed by atoms with Crippen molar-refractivity contribution < 1.29 is 9.31 Å². The van der Waals surface area contributed by atoms with Gasteiger partial charge in [-0.25, -0.2) is 4.39 Å². The van der Waals surface area contributed by atoms with Crippen LogP contribution in [0, 0.1) is 22.9 Å². The van der Waals surface area contributed by atoms with E-state index in [-0.39, 0.29) is 12.2 Å². The van der Waals surface area contributed by atoms with E-state index in [1.165, 1.54) is 12.1 Å². The quantitative estimate of drug-likeness (QED) is 0.672. The summed E-state index contributed by atoms with van der Waals surface area (Å²) < 4.78 is 13.2. The average Bonchev–Trinajstić information content (AvgIpc) is 2.38. The fourth-order valence-corrected chi connectivity index (χ4v) is 2.04. The minimum absolute atomic E-state index is 0.0665. The van der Waals surface area contributed by atoms with Gasteiger partial charge < -0.3 is 5.32 Å². The first kappa shape index (κ1) is 14.1. The van der Waals surface area contributed by atoms with Gasteiger partial charge >= 0.3 is 0 Å². The van der Waals surface area contributed by atoms with Crippen molar-refractivity contribution in [3.8, 4) is 0 Å². The van der Waals surface area contributed by atoms with E-state index in [0.29, 0.717) is 12.1 Å². The van der Waals surface area contributed by atoms with Crippen LogP contribution in [0.5, 0.6) is 0 Å². The molecule has 0 radical (unpaired) electrons. The molecule has 2 aromatic rings. The van der Waals surface area contributed by atoms with Crippen molar-refractivity contribution >= 4 is 5.69 Å². The van der Waals surface area contributed by atoms with Crippen molar-refractivity contribution in [3.63, 3.8) is 0 Å². The van der Waals surface area contributed by atoms with Crippen molar-refractivity contribution in [3.05, 3.63) is 75.1 Å². The zero-order valence-corrected chi connectivity index (χ0v) is 11.1. The molecule has 0 spiro atoms. The standard InChI is InChI=1S/C15H15FN2O2/c1-11-3-2-4-12(7-11)9-17-10-13-8-14(16)5-6-15(13)18(19)20/h2-8,17H,9-10H2,1H3. The Labute approximate surface area is 116 Å². The van der Waals surface area contributed by atoms with Gasteiger partial charge in [0.1, 0.15) is 5.82 Å². The number of aryl methyl sites for hydroxylation is 1. The smallest absolute Gasteiger partial charge is 0.274 e. The number of rotatable bonds is 5. The van der Waals surface area contributed by atoms with Crippen LogP contribution >= 0.6 is 0 Å². The van der Waals surface area contributed by atoms with Crippen LogP contribution in [0.1, 0.15) is 16.7 Å². The summed E-state index contributed by atoms with van der Waals surface area (Å²) in [4.78, 5) is 10.4. The number of benzene rings is 2. The average molecular weight is 274 g/mol. The van der Waals surface area contributed by atoms with Crippen LogP contribution in [-0.4, -0.2) is 4.92 Å². The molecule has 0 aromatic heterocycles. The molecule has 0 unspecified atom stereocenters. The maximum absolute atomic E-state index is 13.2. The van der Waals surface area contributed by atoms with E-state index in [4.69, 9.17) is 0 Å². The normalized spacial score (nSPS) is 10.5. The maximum Gasteiger partial charge on any atom is 0.274 e. The fourth-order valence-electron chi connectivity index (χ4n) is 2.04. The lowest BCUT2D eigenvalue weighted by Crippen LogP contribution is -2.14. The Kier molecular flexibility index (Phi) is 4.42. The number of hydrogen-bond donors (Lipinski definition) is 1. The Morgan fingerprint density at radius 1 is 1.20 bits per heavy atom. The molecule has 0 aliphatic carbocycles. The molecule has 5 heteroatoms. The molecule has 20 heavy (non-hydrogen) atoms. The summed E-state index contributed by atoms with van der Waals surface area (Å²) in [6.07, 6.45) is 0. The van der Waals surface area contributed by atoms with Gasteiger partial charge in [-0.05, 0) is 24.6 Å². The number of hydrogen-bond acceptors (Lipinski definition) is 3. The van der Waals surface area contributed by atoms with Gasteiger partial charge in [0, 0.05) is 24.7 Å². The lowest BCUT2D eigenvalue weighted by atomic mass is 10.1. The number of nitro groups is 1. The van der Waals surface area contributed by atoms with Crippen LogP contribution in [0.2, 0.25) is 0 Å². The summed E-state index contributed by atoms with van der Waals surface area (Å²) in [7, 11) is 0. The lowest BCUT2D eigenvalue weighted by molar-refractivity contribution is -0.385. The van der Waals surface area contributed by atoms with Crippen LogP contribution in [0.3, 0.4) is 0 Å². The van der Waals surface area contributed by atoms with Gasteiger partial charge in [-0.1, -0.05) is 29.8 Å². The molecule has 0 saturated carbocycles. The molecule has 0 atom stereocenters. The maximum atomic E-state index is 13.2. The first-order valence-electron chi connectivity index (χ1n) is 6.25. The molecule has 0 amide bonds. The van der Waals surface area contributed by atoms with Crippen molar-refractivity contribution in [1.29, 1.82) is 0 Å². The van der Waals surface area contributed by atoms with Gasteiger partial charge in [0.05, 0.1) is 4.92 Å². The lowest BCUT2D eigenvalue weighted by Gasteiger charge is -2.07. The molecule has 104 valence electrons. The van der Waals surface area contributed by atoms with Crippen molar-refractivity contribution in [2.45, 2.75) is 20.0 Å². The molecular formula is C15H15FN2O2. The van der Waals surface area contributed by atoms with Gasteiger partial charge in [-0.2, -0.15) is 0 Å². The second-order valence-electron chi connectivity index (χ2n) is 4.62. The fraction of sp³-hybridized carbons (Fsp3) is 0.200. The van der Waals surface area contributed by atoms with Crippen molar-refractivity contribution in [1.82, 2.24) is 5.32 Å². The van der Waals surface area contributed by atoms with E-state index in [2.05, 4.69) is 5.32 Å². The van der Waals surface area contributed by atoms with Gasteiger partial charge in [0.15, 0.2) is 0 Å². The molecule has 0 heterocycles. The predicted molar refractivity (Wildman–Crippen MR) is 74.8 cm³/mol. The van der Waals surface area contributed by atoms with E-state index in [9.17, 15) is 14.5 Å². The number of nitrogens with one attached hydrogen (secondary N) is 1. The predicted octanol–water partition coefficient (Wildman–Crippen LogP) is 3.33. The molecule has 4 nitrogen and oxygen atoms in total. The molecule has 0 bridgehead atoms. The van der Waals surface area contributed by atoms with Crippen LogP contribution in [0.15, 0.2) is 42.5 Å². The second kappa shape index (κ2) is 6.25. The Morgan fingerprint density at radius 2 is 2.00 bits per heavy atom. The van der Waals surface area contributed by atoms with Gasteiger partial charge in [-0.3, -0.25) is 10.1 Å². The summed E-state index contributed by atoms with van der Waals surface area (Å²) in [5.41, 5.74) is 2.52. The molecular weight excluding hydrogens is 259 g/mol. The largest absolute Gasteiger partial charge is 0.308 e. The SMILES string of the molecule is Cc1cccc(CNCc2cc(F)ccc2[N+](=O)[O-])c1. The van der Waals surface area contributed by atoms with Crippen LogP contribution in [0.25, 0.3) is 0 Å². The summed E-state index contributed by atoms with van der Waals surface area (Å²) >= 11 is 0. The first-order chi connectivity index (χ1) is 9.56. The second-order valence-corrected chi connectivity index (χ2v) is 4.62. The van der Waals surface area contributed by atoms with Crippen LogP contribution < -0.4 is 5.32 Å². The zero-order chi connectivity index (χ0) is 14.5. The summed E-state index contributed by atoms with van der Waals surface area (Å²) in [6.45, 7) is 2.83. The van der Waals surface area contributed by atoms with E-state index in [1.54, 1.807) is 0 Å². The zero-order valence-electron chi connectivity index (χ0n) is 11.1. The summed E-state index contributed by atoms with van der Waals surface area (Å²) in [5, 5.41) is 14.0. The van der Waals surface area contributed by atoms with Crippen LogP contribution in [0.4, 0.5) is 10.1 Å². The number of nitrogens with zero attached hydrogens (tertiary/aromatic N) is 1. The highest BCUT2D eigenvalue weighted by Gasteiger charge is 2.13. The highest BCUT2D eigenvalue weighted by Crippen LogP contribution is 2.19. The van der Waals surface area contributed by atoms with Gasteiger partial charge in [0.2, 0.25) is 0 Å². The van der Waals surface area contributed by atoms with Crippen molar-refractivity contribution in [2.75, 3.05) is 0 Å². The van der Waals surface area contributed by atoms with E-state index < -0.39 is 10.7 Å². The summed E-state index contributed by atoms with van der Waals surface area (Å²) in [6, 6.07) is 11.5. The topological polar surface area (TPSA) is 55.2 Å².